The normalized spacial score (nSPS) is 20.2. The van der Waals surface area contributed by atoms with E-state index < -0.39 is 0 Å². The Labute approximate surface area is 169 Å². The van der Waals surface area contributed by atoms with Crippen LogP contribution in [0.15, 0.2) is 34.9 Å². The number of thioether (sulfide) groups is 1. The topological polar surface area (TPSA) is 82.4 Å². The Bertz CT molecular complexity index is 790. The van der Waals surface area contributed by atoms with E-state index in [1.165, 1.54) is 24.6 Å². The molecule has 0 bridgehead atoms. The van der Waals surface area contributed by atoms with E-state index in [1.807, 2.05) is 29.2 Å². The first-order valence-corrected chi connectivity index (χ1v) is 10.6. The first-order chi connectivity index (χ1) is 13.6. The van der Waals surface area contributed by atoms with Gasteiger partial charge < -0.3 is 15.0 Å². The van der Waals surface area contributed by atoms with E-state index in [0.29, 0.717) is 10.6 Å². The number of hydrogen-bond acceptors (Lipinski definition) is 5. The maximum Gasteiger partial charge on any atom is 0.232 e. The van der Waals surface area contributed by atoms with Crippen molar-refractivity contribution in [3.05, 3.63) is 40.4 Å². The maximum absolute atomic E-state index is 12.6. The molecular weight excluding hydrogens is 374 g/mol. The summed E-state index contributed by atoms with van der Waals surface area (Å²) in [4.78, 5) is 26.7. The number of ether oxygens (including phenoxy) is 1. The van der Waals surface area contributed by atoms with Crippen molar-refractivity contribution >= 4 is 23.6 Å². The highest BCUT2D eigenvalue weighted by Gasteiger charge is 2.30. The second kappa shape index (κ2) is 9.65. The molecular formula is C21H25N3O3S. The van der Waals surface area contributed by atoms with Gasteiger partial charge in [0, 0.05) is 25.4 Å². The molecule has 0 spiro atoms. The number of carbonyl (C=O) groups excluding carboxylic acids is 2. The summed E-state index contributed by atoms with van der Waals surface area (Å²) in [5, 5.41) is 13.0. The van der Waals surface area contributed by atoms with Crippen LogP contribution < -0.4 is 10.1 Å². The van der Waals surface area contributed by atoms with Crippen LogP contribution in [0.5, 0.6) is 5.75 Å². The first kappa shape index (κ1) is 20.3. The average Bonchev–Trinajstić information content (AvgIpc) is 3.01. The second-order valence-corrected chi connectivity index (χ2v) is 8.00. The predicted octanol–water partition coefficient (Wildman–Crippen LogP) is 3.17. The summed E-state index contributed by atoms with van der Waals surface area (Å²) in [6.45, 7) is 1.59. The molecule has 2 aliphatic rings. The highest BCUT2D eigenvalue weighted by Crippen LogP contribution is 2.36. The third-order valence-electron chi connectivity index (χ3n) is 5.17. The molecule has 3 rings (SSSR count). The number of nitrogens with zero attached hydrogens (tertiary/aromatic N) is 2. The minimum atomic E-state index is -0.305. The standard InChI is InChI=1S/C21H25N3O3S/c1-27-16-8-6-15(7-9-16)17-12-19(25)23-21(18(17)13-22)28-14-20(26)24-10-4-2-3-5-11-24/h6-9,17H,2-5,10-12,14H2,1H3,(H,23,25)/t17-/m0/s1. The summed E-state index contributed by atoms with van der Waals surface area (Å²) in [5.41, 5.74) is 1.41. The number of methoxy groups -OCH3 is 1. The molecule has 1 saturated heterocycles. The summed E-state index contributed by atoms with van der Waals surface area (Å²) in [6, 6.07) is 9.66. The molecule has 2 aliphatic heterocycles. The predicted molar refractivity (Wildman–Crippen MR) is 109 cm³/mol. The molecule has 1 aromatic rings. The quantitative estimate of drug-likeness (QED) is 0.822. The van der Waals surface area contributed by atoms with Crippen LogP contribution in [-0.4, -0.2) is 42.7 Å². The maximum atomic E-state index is 12.6. The largest absolute Gasteiger partial charge is 0.497 e. The highest BCUT2D eigenvalue weighted by atomic mass is 32.2. The molecule has 0 radical (unpaired) electrons. The number of carbonyl (C=O) groups is 2. The molecule has 0 unspecified atom stereocenters. The van der Waals surface area contributed by atoms with Crippen molar-refractivity contribution in [2.45, 2.75) is 38.0 Å². The summed E-state index contributed by atoms with van der Waals surface area (Å²) in [5.74, 6) is 0.586. The Morgan fingerprint density at radius 1 is 1.25 bits per heavy atom. The zero-order chi connectivity index (χ0) is 19.9. The molecule has 2 amide bonds. The van der Waals surface area contributed by atoms with Crippen LogP contribution in [0.3, 0.4) is 0 Å². The SMILES string of the molecule is COc1ccc([C@@H]2CC(=O)NC(SCC(=O)N3CCCCCC3)=C2C#N)cc1. The molecule has 1 fully saturated rings. The minimum Gasteiger partial charge on any atom is -0.497 e. The van der Waals surface area contributed by atoms with Crippen molar-refractivity contribution in [3.8, 4) is 11.8 Å². The fourth-order valence-electron chi connectivity index (χ4n) is 3.60. The number of allylic oxidation sites excluding steroid dienone is 1. The van der Waals surface area contributed by atoms with Gasteiger partial charge >= 0.3 is 0 Å². The van der Waals surface area contributed by atoms with Crippen molar-refractivity contribution < 1.29 is 14.3 Å². The zero-order valence-corrected chi connectivity index (χ0v) is 16.9. The summed E-state index contributed by atoms with van der Waals surface area (Å²) in [7, 11) is 1.60. The Morgan fingerprint density at radius 2 is 1.93 bits per heavy atom. The highest BCUT2D eigenvalue weighted by molar-refractivity contribution is 8.03. The van der Waals surface area contributed by atoms with E-state index in [-0.39, 0.29) is 29.9 Å². The molecule has 0 saturated carbocycles. The Balaban J connectivity index is 1.75. The fourth-order valence-corrected chi connectivity index (χ4v) is 4.58. The average molecular weight is 400 g/mol. The number of hydrogen-bond donors (Lipinski definition) is 1. The van der Waals surface area contributed by atoms with Crippen molar-refractivity contribution in [2.75, 3.05) is 26.0 Å². The molecule has 0 aromatic heterocycles. The van der Waals surface area contributed by atoms with Crippen LogP contribution in [0, 0.1) is 11.3 Å². The van der Waals surface area contributed by atoms with Gasteiger partial charge in [-0.2, -0.15) is 5.26 Å². The van der Waals surface area contributed by atoms with Gasteiger partial charge in [-0.15, -0.1) is 0 Å². The molecule has 6 nitrogen and oxygen atoms in total. The lowest BCUT2D eigenvalue weighted by Crippen LogP contribution is -2.35. The van der Waals surface area contributed by atoms with E-state index in [2.05, 4.69) is 11.4 Å². The monoisotopic (exact) mass is 399 g/mol. The van der Waals surface area contributed by atoms with Crippen LogP contribution in [0.4, 0.5) is 0 Å². The minimum absolute atomic E-state index is 0.0671. The third kappa shape index (κ3) is 4.87. The number of benzene rings is 1. The van der Waals surface area contributed by atoms with Crippen molar-refractivity contribution in [1.29, 1.82) is 5.26 Å². The van der Waals surface area contributed by atoms with Gasteiger partial charge in [0.05, 0.1) is 29.5 Å². The van der Waals surface area contributed by atoms with E-state index in [1.54, 1.807) is 7.11 Å². The van der Waals surface area contributed by atoms with E-state index in [4.69, 9.17) is 4.74 Å². The van der Waals surface area contributed by atoms with Crippen LogP contribution in [0.1, 0.15) is 43.6 Å². The van der Waals surface area contributed by atoms with Crippen molar-refractivity contribution in [2.24, 2.45) is 0 Å². The van der Waals surface area contributed by atoms with Gasteiger partial charge in [0.2, 0.25) is 11.8 Å². The smallest absolute Gasteiger partial charge is 0.232 e. The van der Waals surface area contributed by atoms with Crippen LogP contribution in [-0.2, 0) is 9.59 Å². The first-order valence-electron chi connectivity index (χ1n) is 9.61. The van der Waals surface area contributed by atoms with Gasteiger partial charge in [0.15, 0.2) is 0 Å². The lowest BCUT2D eigenvalue weighted by Gasteiger charge is -2.26. The zero-order valence-electron chi connectivity index (χ0n) is 16.1. The van der Waals surface area contributed by atoms with Crippen LogP contribution >= 0.6 is 11.8 Å². The Morgan fingerprint density at radius 3 is 2.54 bits per heavy atom. The molecule has 148 valence electrons. The van der Waals surface area contributed by atoms with Gasteiger partial charge in [0.1, 0.15) is 5.75 Å². The lowest BCUT2D eigenvalue weighted by molar-refractivity contribution is -0.128. The number of amides is 2. The van der Waals surface area contributed by atoms with Gasteiger partial charge in [0.25, 0.3) is 0 Å². The fraction of sp³-hybridized carbons (Fsp3) is 0.476. The summed E-state index contributed by atoms with van der Waals surface area (Å²) >= 11 is 1.26. The van der Waals surface area contributed by atoms with Crippen molar-refractivity contribution in [3.63, 3.8) is 0 Å². The molecule has 28 heavy (non-hydrogen) atoms. The van der Waals surface area contributed by atoms with E-state index in [0.717, 1.165) is 37.2 Å². The molecule has 0 aliphatic carbocycles. The molecule has 1 aromatic carbocycles. The van der Waals surface area contributed by atoms with Gasteiger partial charge in [-0.3, -0.25) is 9.59 Å². The number of rotatable bonds is 5. The van der Waals surface area contributed by atoms with E-state index in [9.17, 15) is 14.9 Å². The third-order valence-corrected chi connectivity index (χ3v) is 6.17. The lowest BCUT2D eigenvalue weighted by atomic mass is 9.87. The van der Waals surface area contributed by atoms with Crippen LogP contribution in [0.25, 0.3) is 0 Å². The number of nitrogens with one attached hydrogen (secondary N) is 1. The number of nitriles is 1. The van der Waals surface area contributed by atoms with Gasteiger partial charge in [-0.1, -0.05) is 36.7 Å². The second-order valence-electron chi connectivity index (χ2n) is 7.02. The van der Waals surface area contributed by atoms with Gasteiger partial charge in [-0.05, 0) is 30.5 Å². The molecule has 7 heteroatoms. The van der Waals surface area contributed by atoms with Crippen molar-refractivity contribution in [1.82, 2.24) is 10.2 Å². The molecule has 1 atom stereocenters. The summed E-state index contributed by atoms with van der Waals surface area (Å²) < 4.78 is 5.18. The Hall–Kier alpha value is -2.46. The van der Waals surface area contributed by atoms with Crippen LogP contribution in [0.2, 0.25) is 0 Å². The van der Waals surface area contributed by atoms with Gasteiger partial charge in [-0.25, -0.2) is 0 Å². The number of likely N-dealkylation sites (tertiary alicyclic amines) is 1. The van der Waals surface area contributed by atoms with E-state index >= 15 is 0 Å². The molecule has 1 N–H and O–H groups in total. The summed E-state index contributed by atoms with van der Waals surface area (Å²) in [6.07, 6.45) is 4.64. The Kier molecular flexibility index (Phi) is 6.99. The molecule has 2 heterocycles.